The van der Waals surface area contributed by atoms with E-state index in [9.17, 15) is 18.0 Å². The number of aromatic nitrogens is 1. The second-order valence-electron chi connectivity index (χ2n) is 4.92. The van der Waals surface area contributed by atoms with Gasteiger partial charge in [-0.15, -0.1) is 0 Å². The van der Waals surface area contributed by atoms with Gasteiger partial charge >= 0.3 is 6.18 Å². The van der Waals surface area contributed by atoms with Crippen LogP contribution in [0.1, 0.15) is 21.5 Å². The summed E-state index contributed by atoms with van der Waals surface area (Å²) in [5, 5.41) is 0. The number of hydrogen-bond donors (Lipinski definition) is 0. The molecule has 0 aliphatic rings. The molecule has 23 heavy (non-hydrogen) atoms. The lowest BCUT2D eigenvalue weighted by Gasteiger charge is -2.18. The molecule has 2 aromatic rings. The first kappa shape index (κ1) is 16.8. The number of pyridine rings is 1. The van der Waals surface area contributed by atoms with Crippen molar-refractivity contribution in [1.29, 1.82) is 0 Å². The fourth-order valence-corrected chi connectivity index (χ4v) is 2.07. The maximum absolute atomic E-state index is 12.5. The molecule has 1 aromatic carbocycles. The smallest absolute Gasteiger partial charge is 0.416 e. The fourth-order valence-electron chi connectivity index (χ4n) is 2.07. The minimum absolute atomic E-state index is 0.176. The Morgan fingerprint density at radius 2 is 1.87 bits per heavy atom. The molecule has 0 spiro atoms. The first-order valence-corrected chi connectivity index (χ1v) is 6.73. The van der Waals surface area contributed by atoms with Crippen LogP contribution >= 0.6 is 0 Å². The molecule has 0 atom stereocenters. The molecule has 0 aliphatic carbocycles. The van der Waals surface area contributed by atoms with Crippen molar-refractivity contribution in [3.8, 4) is 5.88 Å². The van der Waals surface area contributed by atoms with Gasteiger partial charge in [0.1, 0.15) is 5.56 Å². The van der Waals surface area contributed by atoms with Gasteiger partial charge < -0.3 is 9.64 Å². The van der Waals surface area contributed by atoms with Gasteiger partial charge in [-0.3, -0.25) is 4.79 Å². The maximum Gasteiger partial charge on any atom is 0.416 e. The van der Waals surface area contributed by atoms with Gasteiger partial charge in [-0.1, -0.05) is 12.1 Å². The Morgan fingerprint density at radius 1 is 1.22 bits per heavy atom. The van der Waals surface area contributed by atoms with Crippen LogP contribution in [-0.2, 0) is 12.7 Å². The summed E-state index contributed by atoms with van der Waals surface area (Å²) in [4.78, 5) is 17.7. The van der Waals surface area contributed by atoms with Crippen molar-refractivity contribution in [1.82, 2.24) is 9.88 Å². The molecule has 0 N–H and O–H groups in total. The minimum Gasteiger partial charge on any atom is -0.480 e. The summed E-state index contributed by atoms with van der Waals surface area (Å²) < 4.78 is 42.6. The molecule has 0 saturated carbocycles. The van der Waals surface area contributed by atoms with Gasteiger partial charge in [0.05, 0.1) is 12.7 Å². The van der Waals surface area contributed by atoms with Gasteiger partial charge in [-0.2, -0.15) is 13.2 Å². The van der Waals surface area contributed by atoms with E-state index in [2.05, 4.69) is 4.98 Å². The van der Waals surface area contributed by atoms with Gasteiger partial charge in [0.15, 0.2) is 0 Å². The average Bonchev–Trinajstić information content (AvgIpc) is 2.53. The predicted octanol–water partition coefficient (Wildman–Crippen LogP) is 3.38. The van der Waals surface area contributed by atoms with E-state index in [1.54, 1.807) is 19.2 Å². The predicted molar refractivity (Wildman–Crippen MR) is 78.0 cm³/mol. The number of nitrogens with zero attached hydrogens (tertiary/aromatic N) is 2. The average molecular weight is 324 g/mol. The van der Waals surface area contributed by atoms with E-state index in [-0.39, 0.29) is 18.3 Å². The largest absolute Gasteiger partial charge is 0.480 e. The van der Waals surface area contributed by atoms with Crippen molar-refractivity contribution in [2.45, 2.75) is 12.7 Å². The zero-order valence-electron chi connectivity index (χ0n) is 12.6. The molecular weight excluding hydrogens is 309 g/mol. The lowest BCUT2D eigenvalue weighted by molar-refractivity contribution is -0.137. The van der Waals surface area contributed by atoms with E-state index in [0.717, 1.165) is 12.1 Å². The molecule has 0 bridgehead atoms. The first-order chi connectivity index (χ1) is 10.8. The second-order valence-corrected chi connectivity index (χ2v) is 4.92. The Kier molecular flexibility index (Phi) is 4.88. The molecule has 7 heteroatoms. The molecule has 0 aliphatic heterocycles. The highest BCUT2D eigenvalue weighted by Crippen LogP contribution is 2.29. The number of methoxy groups -OCH3 is 1. The number of hydrogen-bond acceptors (Lipinski definition) is 3. The molecule has 1 aromatic heterocycles. The van der Waals surface area contributed by atoms with Gasteiger partial charge in [0.2, 0.25) is 5.88 Å². The Balaban J connectivity index is 2.12. The number of alkyl halides is 3. The molecule has 0 radical (unpaired) electrons. The Bertz CT molecular complexity index is 684. The van der Waals surface area contributed by atoms with Crippen molar-refractivity contribution in [3.63, 3.8) is 0 Å². The van der Waals surface area contributed by atoms with E-state index in [0.29, 0.717) is 11.1 Å². The van der Waals surface area contributed by atoms with E-state index in [4.69, 9.17) is 4.74 Å². The maximum atomic E-state index is 12.5. The monoisotopic (exact) mass is 324 g/mol. The molecule has 0 saturated heterocycles. The molecule has 0 fully saturated rings. The summed E-state index contributed by atoms with van der Waals surface area (Å²) >= 11 is 0. The number of benzene rings is 1. The van der Waals surface area contributed by atoms with E-state index in [1.165, 1.54) is 30.3 Å². The third kappa shape index (κ3) is 4.00. The summed E-state index contributed by atoms with van der Waals surface area (Å²) in [6.45, 7) is 0.176. The summed E-state index contributed by atoms with van der Waals surface area (Å²) in [6.07, 6.45) is -2.87. The van der Waals surface area contributed by atoms with Crippen molar-refractivity contribution in [3.05, 3.63) is 59.3 Å². The summed E-state index contributed by atoms with van der Waals surface area (Å²) in [7, 11) is 2.97. The molecule has 1 heterocycles. The van der Waals surface area contributed by atoms with Crippen LogP contribution in [0, 0.1) is 0 Å². The van der Waals surface area contributed by atoms with Crippen LogP contribution in [0.25, 0.3) is 0 Å². The standard InChI is InChI=1S/C16H15F3N2O2/c1-21(15(22)13-4-3-9-20-14(13)23-2)10-11-5-7-12(8-6-11)16(17,18)19/h3-9H,10H2,1-2H3. The number of halogens is 3. The summed E-state index contributed by atoms with van der Waals surface area (Å²) in [5.74, 6) is -0.119. The summed E-state index contributed by atoms with van der Waals surface area (Å²) in [5.41, 5.74) is 0.172. The highest BCUT2D eigenvalue weighted by molar-refractivity contribution is 5.96. The number of rotatable bonds is 4. The third-order valence-corrected chi connectivity index (χ3v) is 3.24. The van der Waals surface area contributed by atoms with Gasteiger partial charge in [0.25, 0.3) is 5.91 Å². The number of amides is 1. The van der Waals surface area contributed by atoms with Crippen LogP contribution in [0.3, 0.4) is 0 Å². The van der Waals surface area contributed by atoms with Crippen LogP contribution in [0.5, 0.6) is 5.88 Å². The van der Waals surface area contributed by atoms with Crippen LogP contribution in [0.4, 0.5) is 13.2 Å². The highest BCUT2D eigenvalue weighted by Gasteiger charge is 2.30. The van der Waals surface area contributed by atoms with Gasteiger partial charge in [-0.25, -0.2) is 4.98 Å². The van der Waals surface area contributed by atoms with Gasteiger partial charge in [0, 0.05) is 19.8 Å². The van der Waals surface area contributed by atoms with Crippen molar-refractivity contribution in [2.75, 3.05) is 14.2 Å². The minimum atomic E-state index is -4.37. The lowest BCUT2D eigenvalue weighted by atomic mass is 10.1. The van der Waals surface area contributed by atoms with E-state index in [1.807, 2.05) is 0 Å². The molecule has 4 nitrogen and oxygen atoms in total. The highest BCUT2D eigenvalue weighted by atomic mass is 19.4. The zero-order chi connectivity index (χ0) is 17.0. The second kappa shape index (κ2) is 6.68. The Hall–Kier alpha value is -2.57. The van der Waals surface area contributed by atoms with Crippen LogP contribution in [0.2, 0.25) is 0 Å². The normalized spacial score (nSPS) is 11.2. The third-order valence-electron chi connectivity index (χ3n) is 3.24. The van der Waals surface area contributed by atoms with Crippen LogP contribution in [0.15, 0.2) is 42.6 Å². The van der Waals surface area contributed by atoms with Crippen molar-refractivity contribution < 1.29 is 22.7 Å². The Morgan fingerprint density at radius 3 is 2.43 bits per heavy atom. The van der Waals surface area contributed by atoms with E-state index >= 15 is 0 Å². The molecule has 2 rings (SSSR count). The Labute approximate surface area is 131 Å². The van der Waals surface area contributed by atoms with Crippen molar-refractivity contribution in [2.24, 2.45) is 0 Å². The number of carbonyl (C=O) groups is 1. The number of carbonyl (C=O) groups excluding carboxylic acids is 1. The molecule has 1 amide bonds. The SMILES string of the molecule is COc1ncccc1C(=O)N(C)Cc1ccc(C(F)(F)F)cc1. The van der Waals surface area contributed by atoms with E-state index < -0.39 is 11.7 Å². The molecule has 0 unspecified atom stereocenters. The number of ether oxygens (including phenoxy) is 1. The first-order valence-electron chi connectivity index (χ1n) is 6.73. The van der Waals surface area contributed by atoms with Gasteiger partial charge in [-0.05, 0) is 29.8 Å². The molecule has 122 valence electrons. The van der Waals surface area contributed by atoms with Crippen molar-refractivity contribution >= 4 is 5.91 Å². The topological polar surface area (TPSA) is 42.4 Å². The van der Waals surface area contributed by atoms with Crippen LogP contribution < -0.4 is 4.74 Å². The van der Waals surface area contributed by atoms with Crippen LogP contribution in [-0.4, -0.2) is 29.9 Å². The summed E-state index contributed by atoms with van der Waals surface area (Å²) in [6, 6.07) is 7.90. The molecular formula is C16H15F3N2O2. The lowest BCUT2D eigenvalue weighted by Crippen LogP contribution is -2.26. The fraction of sp³-hybridized carbons (Fsp3) is 0.250. The quantitative estimate of drug-likeness (QED) is 0.866. The zero-order valence-corrected chi connectivity index (χ0v) is 12.6.